The van der Waals surface area contributed by atoms with Crippen molar-refractivity contribution in [2.24, 2.45) is 0 Å². The summed E-state index contributed by atoms with van der Waals surface area (Å²) in [4.78, 5) is 2.39. The Bertz CT molecular complexity index is 743. The number of rotatable bonds is 9. The van der Waals surface area contributed by atoms with Crippen LogP contribution < -0.4 is 4.90 Å². The Hall–Kier alpha value is -2.58. The van der Waals surface area contributed by atoms with Crippen LogP contribution in [0.5, 0.6) is 0 Å². The van der Waals surface area contributed by atoms with Crippen molar-refractivity contribution in [2.75, 3.05) is 18.6 Å². The van der Waals surface area contributed by atoms with Gasteiger partial charge >= 0.3 is 0 Å². The number of para-hydroxylation sites is 2. The number of methoxy groups -OCH3 is 1. The van der Waals surface area contributed by atoms with E-state index in [1.807, 2.05) is 7.11 Å². The van der Waals surface area contributed by atoms with Gasteiger partial charge in [0.1, 0.15) is 0 Å². The first kappa shape index (κ1) is 19.2. The van der Waals surface area contributed by atoms with Crippen molar-refractivity contribution in [2.45, 2.75) is 31.8 Å². The molecule has 2 nitrogen and oxygen atoms in total. The lowest BCUT2D eigenvalue weighted by molar-refractivity contribution is -0.0267. The van der Waals surface area contributed by atoms with Crippen LogP contribution in [-0.2, 0) is 10.3 Å². The molecule has 3 rings (SSSR count). The number of anilines is 2. The quantitative estimate of drug-likeness (QED) is 0.429. The SMILES string of the molecule is CC[C@](CCCN(c1ccccc1)c1ccccc1)(OC)c1ccccc1. The second-order valence-corrected chi connectivity index (χ2v) is 6.84. The van der Waals surface area contributed by atoms with Crippen LogP contribution in [-0.4, -0.2) is 13.7 Å². The van der Waals surface area contributed by atoms with Gasteiger partial charge in [-0.2, -0.15) is 0 Å². The molecule has 2 heteroatoms. The van der Waals surface area contributed by atoms with Crippen molar-refractivity contribution in [1.82, 2.24) is 0 Å². The molecule has 0 amide bonds. The van der Waals surface area contributed by atoms with Crippen molar-refractivity contribution in [3.05, 3.63) is 96.6 Å². The molecule has 0 aliphatic heterocycles. The third-order valence-electron chi connectivity index (χ3n) is 5.36. The molecule has 0 aliphatic rings. The van der Waals surface area contributed by atoms with Gasteiger partial charge in [-0.1, -0.05) is 73.7 Å². The zero-order valence-corrected chi connectivity index (χ0v) is 16.3. The van der Waals surface area contributed by atoms with Crippen molar-refractivity contribution >= 4 is 11.4 Å². The average Bonchev–Trinajstić information content (AvgIpc) is 2.76. The maximum Gasteiger partial charge on any atom is 0.0925 e. The molecule has 0 bridgehead atoms. The maximum atomic E-state index is 6.05. The van der Waals surface area contributed by atoms with Gasteiger partial charge in [0.05, 0.1) is 5.60 Å². The van der Waals surface area contributed by atoms with Gasteiger partial charge in [0.15, 0.2) is 0 Å². The van der Waals surface area contributed by atoms with Crippen molar-refractivity contribution in [3.63, 3.8) is 0 Å². The molecule has 0 heterocycles. The van der Waals surface area contributed by atoms with E-state index in [0.29, 0.717) is 0 Å². The maximum absolute atomic E-state index is 6.05. The smallest absolute Gasteiger partial charge is 0.0925 e. The Morgan fingerprint density at radius 2 is 1.22 bits per heavy atom. The summed E-state index contributed by atoms with van der Waals surface area (Å²) in [6.45, 7) is 3.16. The summed E-state index contributed by atoms with van der Waals surface area (Å²) in [6, 6.07) is 31.8. The molecule has 1 atom stereocenters. The predicted molar refractivity (Wildman–Crippen MR) is 115 cm³/mol. The van der Waals surface area contributed by atoms with E-state index in [1.165, 1.54) is 16.9 Å². The molecule has 3 aromatic rings. The number of hydrogen-bond acceptors (Lipinski definition) is 2. The summed E-state index contributed by atoms with van der Waals surface area (Å²) in [5, 5.41) is 0. The van der Waals surface area contributed by atoms with Crippen LogP contribution in [0.2, 0.25) is 0 Å². The van der Waals surface area contributed by atoms with Crippen LogP contribution in [0.25, 0.3) is 0 Å². The fourth-order valence-electron chi connectivity index (χ4n) is 3.78. The molecule has 0 fully saturated rings. The molecule has 0 saturated heterocycles. The molecule has 0 radical (unpaired) electrons. The molecular weight excluding hydrogens is 330 g/mol. The van der Waals surface area contributed by atoms with E-state index in [0.717, 1.165) is 25.8 Å². The number of hydrogen-bond donors (Lipinski definition) is 0. The van der Waals surface area contributed by atoms with E-state index in [9.17, 15) is 0 Å². The van der Waals surface area contributed by atoms with Gasteiger partial charge in [0.25, 0.3) is 0 Å². The fourth-order valence-corrected chi connectivity index (χ4v) is 3.78. The summed E-state index contributed by atoms with van der Waals surface area (Å²) in [7, 11) is 1.84. The van der Waals surface area contributed by atoms with Crippen LogP contribution in [0.15, 0.2) is 91.0 Å². The molecular formula is C25H29NO. The third kappa shape index (κ3) is 4.58. The lowest BCUT2D eigenvalue weighted by atomic mass is 9.86. The number of benzene rings is 3. The summed E-state index contributed by atoms with van der Waals surface area (Å²) >= 11 is 0. The van der Waals surface area contributed by atoms with Gasteiger partial charge in [0, 0.05) is 25.0 Å². The van der Waals surface area contributed by atoms with Gasteiger partial charge in [-0.3, -0.25) is 0 Å². The van der Waals surface area contributed by atoms with Crippen LogP contribution >= 0.6 is 0 Å². The highest BCUT2D eigenvalue weighted by molar-refractivity contribution is 5.62. The lowest BCUT2D eigenvalue weighted by Gasteiger charge is -2.33. The average molecular weight is 360 g/mol. The predicted octanol–water partition coefficient (Wildman–Crippen LogP) is 6.56. The number of nitrogens with zero attached hydrogens (tertiary/aromatic N) is 1. The molecule has 0 saturated carbocycles. The van der Waals surface area contributed by atoms with E-state index in [1.54, 1.807) is 0 Å². The highest BCUT2D eigenvalue weighted by atomic mass is 16.5. The second-order valence-electron chi connectivity index (χ2n) is 6.84. The van der Waals surface area contributed by atoms with E-state index in [4.69, 9.17) is 4.74 Å². The standard InChI is InChI=1S/C25H29NO/c1-3-25(27-2,22-14-7-4-8-15-22)20-13-21-26(23-16-9-5-10-17-23)24-18-11-6-12-19-24/h4-12,14-19H,3,13,20-21H2,1-2H3/t25-/m1/s1. The van der Waals surface area contributed by atoms with Gasteiger partial charge in [-0.15, -0.1) is 0 Å². The van der Waals surface area contributed by atoms with Gasteiger partial charge in [0.2, 0.25) is 0 Å². The molecule has 0 unspecified atom stereocenters. The Balaban J connectivity index is 1.77. The minimum Gasteiger partial charge on any atom is -0.374 e. The zero-order valence-electron chi connectivity index (χ0n) is 16.3. The summed E-state index contributed by atoms with van der Waals surface area (Å²) in [6.07, 6.45) is 2.99. The zero-order chi connectivity index (χ0) is 19.0. The Kier molecular flexibility index (Phi) is 6.67. The van der Waals surface area contributed by atoms with E-state index in [-0.39, 0.29) is 5.60 Å². The normalized spacial score (nSPS) is 13.1. The third-order valence-corrected chi connectivity index (χ3v) is 5.36. The molecule has 0 N–H and O–H groups in total. The Labute approximate surface area is 163 Å². The lowest BCUT2D eigenvalue weighted by Crippen LogP contribution is -2.29. The van der Waals surface area contributed by atoms with Gasteiger partial charge in [-0.05, 0) is 49.1 Å². The van der Waals surface area contributed by atoms with Gasteiger partial charge in [-0.25, -0.2) is 0 Å². The molecule has 140 valence electrons. The van der Waals surface area contributed by atoms with Crippen LogP contribution in [0.3, 0.4) is 0 Å². The largest absolute Gasteiger partial charge is 0.374 e. The summed E-state index contributed by atoms with van der Waals surface area (Å²) in [5.41, 5.74) is 3.49. The first-order valence-electron chi connectivity index (χ1n) is 9.77. The highest BCUT2D eigenvalue weighted by Crippen LogP contribution is 2.34. The van der Waals surface area contributed by atoms with Crippen molar-refractivity contribution in [3.8, 4) is 0 Å². The fraction of sp³-hybridized carbons (Fsp3) is 0.280. The number of ether oxygens (including phenoxy) is 1. The first-order chi connectivity index (χ1) is 13.3. The second kappa shape index (κ2) is 9.38. The molecule has 27 heavy (non-hydrogen) atoms. The van der Waals surface area contributed by atoms with Crippen LogP contribution in [0, 0.1) is 0 Å². The minimum atomic E-state index is -0.222. The molecule has 0 aliphatic carbocycles. The molecule has 0 aromatic heterocycles. The topological polar surface area (TPSA) is 12.5 Å². The monoisotopic (exact) mass is 359 g/mol. The molecule has 3 aromatic carbocycles. The van der Waals surface area contributed by atoms with Gasteiger partial charge < -0.3 is 9.64 Å². The van der Waals surface area contributed by atoms with Crippen molar-refractivity contribution in [1.29, 1.82) is 0 Å². The van der Waals surface area contributed by atoms with Crippen molar-refractivity contribution < 1.29 is 4.74 Å². The highest BCUT2D eigenvalue weighted by Gasteiger charge is 2.29. The first-order valence-corrected chi connectivity index (χ1v) is 9.77. The minimum absolute atomic E-state index is 0.222. The van der Waals surface area contributed by atoms with E-state index < -0.39 is 0 Å². The Morgan fingerprint density at radius 1 is 0.741 bits per heavy atom. The Morgan fingerprint density at radius 3 is 1.67 bits per heavy atom. The van der Waals surface area contributed by atoms with Crippen LogP contribution in [0.4, 0.5) is 11.4 Å². The van der Waals surface area contributed by atoms with E-state index in [2.05, 4.69) is 103 Å². The summed E-state index contributed by atoms with van der Waals surface area (Å²) < 4.78 is 6.05. The molecule has 0 spiro atoms. The van der Waals surface area contributed by atoms with E-state index >= 15 is 0 Å². The summed E-state index contributed by atoms with van der Waals surface area (Å²) in [5.74, 6) is 0. The van der Waals surface area contributed by atoms with Crippen LogP contribution in [0.1, 0.15) is 31.7 Å².